The lowest BCUT2D eigenvalue weighted by atomic mass is 9.63. The fourth-order valence-electron chi connectivity index (χ4n) is 4.69. The molecule has 0 aliphatic rings. The van der Waals surface area contributed by atoms with Crippen molar-refractivity contribution in [2.75, 3.05) is 5.32 Å². The number of carboxylic acid groups (broad SMARTS) is 1. The Kier molecular flexibility index (Phi) is 7.66. The summed E-state index contributed by atoms with van der Waals surface area (Å²) in [6, 6.07) is 28.0. The van der Waals surface area contributed by atoms with E-state index in [1.807, 2.05) is 67.6 Å². The van der Waals surface area contributed by atoms with Gasteiger partial charge in [0.1, 0.15) is 0 Å². The van der Waals surface area contributed by atoms with Crippen molar-refractivity contribution >= 4 is 17.6 Å². The fourth-order valence-corrected chi connectivity index (χ4v) is 4.69. The molecule has 3 aromatic rings. The average Bonchev–Trinajstić information content (AvgIpc) is 2.78. The van der Waals surface area contributed by atoms with E-state index in [0.29, 0.717) is 25.7 Å². The lowest BCUT2D eigenvalue weighted by Crippen LogP contribution is -2.42. The Bertz CT molecular complexity index is 1040. The number of hydrogen-bond donors (Lipinski definition) is 4. The Morgan fingerprint density at radius 3 is 2.22 bits per heavy atom. The molecule has 0 heterocycles. The lowest BCUT2D eigenvalue weighted by molar-refractivity contribution is -0.144. The van der Waals surface area contributed by atoms with Crippen LogP contribution in [0.25, 0.3) is 0 Å². The van der Waals surface area contributed by atoms with Gasteiger partial charge in [-0.15, -0.1) is 0 Å². The fraction of sp³-hybridized carbons (Fsp3) is 0.259. The predicted molar refractivity (Wildman–Crippen MR) is 130 cm³/mol. The lowest BCUT2D eigenvalue weighted by Gasteiger charge is -2.40. The van der Waals surface area contributed by atoms with E-state index in [0.717, 1.165) is 22.4 Å². The molecule has 5 heteroatoms. The summed E-state index contributed by atoms with van der Waals surface area (Å²) in [5.41, 5.74) is 8.93. The highest BCUT2D eigenvalue weighted by Gasteiger charge is 2.43. The number of carboxylic acids is 1. The Morgan fingerprint density at radius 2 is 1.62 bits per heavy atom. The highest BCUT2D eigenvalue weighted by atomic mass is 16.4. The normalized spacial score (nSPS) is 13.7. The van der Waals surface area contributed by atoms with Crippen molar-refractivity contribution in [2.24, 2.45) is 11.7 Å². The molecule has 2 atom stereocenters. The molecule has 0 aromatic heterocycles. The van der Waals surface area contributed by atoms with Crippen LogP contribution in [0.2, 0.25) is 0 Å². The topological polar surface area (TPSA) is 99.2 Å². The number of rotatable bonds is 10. The van der Waals surface area contributed by atoms with E-state index in [2.05, 4.69) is 29.6 Å². The van der Waals surface area contributed by atoms with Crippen molar-refractivity contribution < 1.29 is 9.90 Å². The number of carbonyl (C=O) groups is 1. The van der Waals surface area contributed by atoms with Crippen LogP contribution in [-0.4, -0.2) is 17.0 Å². The average molecular weight is 430 g/mol. The van der Waals surface area contributed by atoms with Crippen LogP contribution >= 0.6 is 0 Å². The van der Waals surface area contributed by atoms with Crippen molar-refractivity contribution in [3.05, 3.63) is 102 Å². The van der Waals surface area contributed by atoms with E-state index in [1.165, 1.54) is 0 Å². The number of hydrogen-bond acceptors (Lipinski definition) is 2. The molecule has 5 N–H and O–H groups in total. The van der Waals surface area contributed by atoms with Gasteiger partial charge in [0.05, 0.1) is 5.92 Å². The summed E-state index contributed by atoms with van der Waals surface area (Å²) in [5, 5.41) is 20.5. The summed E-state index contributed by atoms with van der Waals surface area (Å²) in [5.74, 6) is -1.40. The third kappa shape index (κ3) is 5.55. The van der Waals surface area contributed by atoms with Gasteiger partial charge in [-0.3, -0.25) is 10.2 Å². The second kappa shape index (κ2) is 10.6. The maximum atomic E-state index is 12.5. The molecule has 0 saturated carbocycles. The summed E-state index contributed by atoms with van der Waals surface area (Å²) >= 11 is 0. The maximum absolute atomic E-state index is 12.5. The van der Waals surface area contributed by atoms with Crippen molar-refractivity contribution in [2.45, 2.75) is 38.0 Å². The summed E-state index contributed by atoms with van der Waals surface area (Å²) in [6.07, 6.45) is 2.58. The van der Waals surface area contributed by atoms with Crippen LogP contribution in [-0.2, 0) is 23.1 Å². The van der Waals surface area contributed by atoms with E-state index in [9.17, 15) is 9.90 Å². The van der Waals surface area contributed by atoms with E-state index in [-0.39, 0.29) is 5.96 Å². The molecule has 0 bridgehead atoms. The van der Waals surface area contributed by atoms with Crippen molar-refractivity contribution in [1.29, 1.82) is 5.41 Å². The molecule has 3 aromatic carbocycles. The minimum absolute atomic E-state index is 0.109. The van der Waals surface area contributed by atoms with Gasteiger partial charge in [-0.05, 0) is 54.5 Å². The standard InChI is InChI=1S/C27H31N3O2/c1-2-24(25(31)32)27(22-13-7-4-8-14-22,19-21-10-5-3-6-11-21)17-16-20-12-9-15-23(18-20)30-26(28)29/h3-15,18,24H,2,16-17,19H2,1H3,(H,31,32)(H4,28,29,30). The molecule has 0 aliphatic heterocycles. The molecule has 0 fully saturated rings. The number of aryl methyl sites for hydroxylation is 1. The molecule has 0 saturated heterocycles. The number of anilines is 1. The van der Waals surface area contributed by atoms with E-state index >= 15 is 0 Å². The van der Waals surface area contributed by atoms with Crippen LogP contribution in [0, 0.1) is 11.3 Å². The number of nitrogens with one attached hydrogen (secondary N) is 2. The SMILES string of the molecule is CCC(C(=O)O)C(CCc1cccc(NC(=N)N)c1)(Cc1ccccc1)c1ccccc1. The summed E-state index contributed by atoms with van der Waals surface area (Å²) in [7, 11) is 0. The van der Waals surface area contributed by atoms with Gasteiger partial charge in [0.2, 0.25) is 0 Å². The van der Waals surface area contributed by atoms with E-state index < -0.39 is 17.3 Å². The van der Waals surface area contributed by atoms with E-state index in [4.69, 9.17) is 11.1 Å². The molecule has 0 spiro atoms. The molecule has 0 amide bonds. The first kappa shape index (κ1) is 23.1. The summed E-state index contributed by atoms with van der Waals surface area (Å²) in [4.78, 5) is 12.5. The van der Waals surface area contributed by atoms with Crippen LogP contribution in [0.5, 0.6) is 0 Å². The van der Waals surface area contributed by atoms with Crippen LogP contribution in [0.15, 0.2) is 84.9 Å². The number of benzene rings is 3. The van der Waals surface area contributed by atoms with Gasteiger partial charge in [0, 0.05) is 11.1 Å². The number of nitrogens with two attached hydrogens (primary N) is 1. The molecule has 32 heavy (non-hydrogen) atoms. The first-order valence-electron chi connectivity index (χ1n) is 11.0. The zero-order valence-corrected chi connectivity index (χ0v) is 18.4. The molecule has 3 rings (SSSR count). The third-order valence-electron chi connectivity index (χ3n) is 6.15. The quantitative estimate of drug-likeness (QED) is 0.262. The second-order valence-electron chi connectivity index (χ2n) is 8.22. The zero-order chi connectivity index (χ0) is 23.0. The van der Waals surface area contributed by atoms with Crippen molar-refractivity contribution in [3.63, 3.8) is 0 Å². The van der Waals surface area contributed by atoms with Crippen molar-refractivity contribution in [3.8, 4) is 0 Å². The monoisotopic (exact) mass is 429 g/mol. The minimum Gasteiger partial charge on any atom is -0.481 e. The smallest absolute Gasteiger partial charge is 0.307 e. The third-order valence-corrected chi connectivity index (χ3v) is 6.15. The first-order chi connectivity index (χ1) is 15.4. The number of aliphatic carboxylic acids is 1. The van der Waals surface area contributed by atoms with Gasteiger partial charge >= 0.3 is 5.97 Å². The highest BCUT2D eigenvalue weighted by Crippen LogP contribution is 2.42. The van der Waals surface area contributed by atoms with Gasteiger partial charge in [0.25, 0.3) is 0 Å². The second-order valence-corrected chi connectivity index (χ2v) is 8.22. The van der Waals surface area contributed by atoms with Gasteiger partial charge in [-0.25, -0.2) is 0 Å². The molecule has 2 unspecified atom stereocenters. The zero-order valence-electron chi connectivity index (χ0n) is 18.4. The Morgan fingerprint density at radius 1 is 1.00 bits per heavy atom. The summed E-state index contributed by atoms with van der Waals surface area (Å²) < 4.78 is 0. The molecular weight excluding hydrogens is 398 g/mol. The molecule has 5 nitrogen and oxygen atoms in total. The van der Waals surface area contributed by atoms with E-state index in [1.54, 1.807) is 0 Å². The Hall–Kier alpha value is -3.60. The summed E-state index contributed by atoms with van der Waals surface area (Å²) in [6.45, 7) is 1.96. The van der Waals surface area contributed by atoms with Crippen LogP contribution in [0.3, 0.4) is 0 Å². The Balaban J connectivity index is 2.04. The first-order valence-corrected chi connectivity index (χ1v) is 11.0. The van der Waals surface area contributed by atoms with Gasteiger partial charge in [-0.1, -0.05) is 79.7 Å². The maximum Gasteiger partial charge on any atom is 0.307 e. The Labute approximate surface area is 189 Å². The minimum atomic E-state index is -0.765. The molecular formula is C27H31N3O2. The van der Waals surface area contributed by atoms with Crippen molar-refractivity contribution in [1.82, 2.24) is 0 Å². The predicted octanol–water partition coefficient (Wildman–Crippen LogP) is 5.22. The molecule has 0 radical (unpaired) electrons. The highest BCUT2D eigenvalue weighted by molar-refractivity contribution is 5.89. The number of guanidine groups is 1. The van der Waals surface area contributed by atoms with Crippen LogP contribution in [0.1, 0.15) is 36.5 Å². The van der Waals surface area contributed by atoms with Crippen LogP contribution in [0.4, 0.5) is 5.69 Å². The largest absolute Gasteiger partial charge is 0.481 e. The van der Waals surface area contributed by atoms with Gasteiger partial charge in [0.15, 0.2) is 5.96 Å². The van der Waals surface area contributed by atoms with Gasteiger partial charge in [-0.2, -0.15) is 0 Å². The molecule has 0 aliphatic carbocycles. The van der Waals surface area contributed by atoms with Crippen LogP contribution < -0.4 is 11.1 Å². The van der Waals surface area contributed by atoms with Gasteiger partial charge < -0.3 is 16.2 Å². The molecule has 166 valence electrons.